The highest BCUT2D eigenvalue weighted by Gasteiger charge is 2.34. The number of halogens is 2. The van der Waals surface area contributed by atoms with E-state index in [2.05, 4.69) is 5.32 Å². The van der Waals surface area contributed by atoms with Crippen LogP contribution in [0.2, 0.25) is 5.02 Å². The second-order valence-corrected chi connectivity index (χ2v) is 11.4. The summed E-state index contributed by atoms with van der Waals surface area (Å²) in [5.41, 5.74) is 0.875. The van der Waals surface area contributed by atoms with Crippen LogP contribution in [0.25, 0.3) is 0 Å². The van der Waals surface area contributed by atoms with Crippen LogP contribution in [0.5, 0.6) is 0 Å². The summed E-state index contributed by atoms with van der Waals surface area (Å²) in [4.78, 5) is 28.4. The van der Waals surface area contributed by atoms with E-state index >= 15 is 0 Å². The molecule has 0 spiro atoms. The maximum Gasteiger partial charge on any atom is 0.264 e. The summed E-state index contributed by atoms with van der Waals surface area (Å²) in [6, 6.07) is 18.6. The van der Waals surface area contributed by atoms with E-state index in [0.29, 0.717) is 23.4 Å². The molecule has 1 N–H and O–H groups in total. The van der Waals surface area contributed by atoms with E-state index < -0.39 is 34.3 Å². The molecule has 0 saturated heterocycles. The lowest BCUT2D eigenvalue weighted by Crippen LogP contribution is -2.53. The van der Waals surface area contributed by atoms with Gasteiger partial charge in [-0.1, -0.05) is 61.8 Å². The molecular weight excluding hydrogens is 541 g/mol. The minimum Gasteiger partial charge on any atom is -0.352 e. The smallest absolute Gasteiger partial charge is 0.264 e. The molecule has 0 heterocycles. The van der Waals surface area contributed by atoms with Gasteiger partial charge in [0.05, 0.1) is 10.6 Å². The molecule has 39 heavy (non-hydrogen) atoms. The first-order valence-electron chi connectivity index (χ1n) is 12.7. The van der Waals surface area contributed by atoms with Gasteiger partial charge in [0, 0.05) is 17.6 Å². The number of anilines is 1. The van der Waals surface area contributed by atoms with Gasteiger partial charge in [-0.3, -0.25) is 13.9 Å². The molecule has 2 amide bonds. The third-order valence-corrected chi connectivity index (χ3v) is 8.57. The predicted octanol–water partition coefficient (Wildman–Crippen LogP) is 5.40. The van der Waals surface area contributed by atoms with E-state index in [1.54, 1.807) is 61.5 Å². The molecule has 3 rings (SSSR count). The third-order valence-electron chi connectivity index (χ3n) is 6.41. The van der Waals surface area contributed by atoms with Gasteiger partial charge in [0.15, 0.2) is 0 Å². The third kappa shape index (κ3) is 7.58. The Bertz CT molecular complexity index is 1370. The maximum atomic E-state index is 14.0. The first-order chi connectivity index (χ1) is 18.6. The molecule has 3 aromatic carbocycles. The number of para-hydroxylation sites is 1. The SMILES string of the molecule is CC[C@H](C(=O)N[C@@H](C)CC)N(Cc1ccccc1Cl)C(=O)CN(c1ccccc1)S(=O)(=O)c1ccc(F)cc1. The monoisotopic (exact) mass is 573 g/mol. The number of amides is 2. The van der Waals surface area contributed by atoms with E-state index in [1.165, 1.54) is 4.90 Å². The van der Waals surface area contributed by atoms with E-state index in [0.717, 1.165) is 28.6 Å². The lowest BCUT2D eigenvalue weighted by molar-refractivity contribution is -0.140. The molecule has 3 aromatic rings. The Hall–Kier alpha value is -3.43. The fourth-order valence-corrected chi connectivity index (χ4v) is 5.64. The van der Waals surface area contributed by atoms with Gasteiger partial charge in [-0.05, 0) is 67.8 Å². The fraction of sp³-hybridized carbons (Fsp3) is 0.310. The Morgan fingerprint density at radius 2 is 1.54 bits per heavy atom. The van der Waals surface area contributed by atoms with E-state index in [4.69, 9.17) is 11.6 Å². The molecular formula is C29H33ClFN3O4S. The highest BCUT2D eigenvalue weighted by molar-refractivity contribution is 7.92. The topological polar surface area (TPSA) is 86.8 Å². The molecule has 0 radical (unpaired) electrons. The Kier molecular flexibility index (Phi) is 10.5. The van der Waals surface area contributed by atoms with Crippen molar-refractivity contribution < 1.29 is 22.4 Å². The summed E-state index contributed by atoms with van der Waals surface area (Å²) in [6.07, 6.45) is 1.01. The van der Waals surface area contributed by atoms with Crippen molar-refractivity contribution in [3.63, 3.8) is 0 Å². The molecule has 0 saturated carbocycles. The van der Waals surface area contributed by atoms with Crippen molar-refractivity contribution in [2.24, 2.45) is 0 Å². The standard InChI is InChI=1S/C29H33ClFN3O4S/c1-4-21(3)32-29(36)27(5-2)33(19-22-11-9-10-14-26(22)30)28(35)20-34(24-12-7-6-8-13-24)39(37,38)25-17-15-23(31)16-18-25/h6-18,21,27H,4-5,19-20H2,1-3H3,(H,32,36)/t21-,27+/m0/s1. The average Bonchev–Trinajstić information content (AvgIpc) is 2.93. The van der Waals surface area contributed by atoms with Crippen LogP contribution in [0.1, 0.15) is 39.2 Å². The molecule has 0 unspecified atom stereocenters. The van der Waals surface area contributed by atoms with Crippen LogP contribution in [0, 0.1) is 5.82 Å². The number of nitrogens with one attached hydrogen (secondary N) is 1. The summed E-state index contributed by atoms with van der Waals surface area (Å²) in [5.74, 6) is -1.50. The van der Waals surface area contributed by atoms with Crippen LogP contribution in [-0.4, -0.2) is 43.8 Å². The largest absolute Gasteiger partial charge is 0.352 e. The molecule has 7 nitrogen and oxygen atoms in total. The number of sulfonamides is 1. The van der Waals surface area contributed by atoms with E-state index in [9.17, 15) is 22.4 Å². The Labute approximate surface area is 234 Å². The van der Waals surface area contributed by atoms with Crippen molar-refractivity contribution in [3.05, 3.63) is 95.3 Å². The molecule has 0 aliphatic heterocycles. The van der Waals surface area contributed by atoms with Crippen LogP contribution < -0.4 is 9.62 Å². The zero-order valence-corrected chi connectivity index (χ0v) is 23.8. The Morgan fingerprint density at radius 1 is 0.923 bits per heavy atom. The number of nitrogens with zero attached hydrogens (tertiary/aromatic N) is 2. The number of carbonyl (C=O) groups is 2. The number of hydrogen-bond donors (Lipinski definition) is 1. The quantitative estimate of drug-likeness (QED) is 0.314. The first-order valence-corrected chi connectivity index (χ1v) is 14.6. The maximum absolute atomic E-state index is 14.0. The van der Waals surface area contributed by atoms with Crippen molar-refractivity contribution in [3.8, 4) is 0 Å². The second kappa shape index (κ2) is 13.6. The molecule has 0 aliphatic rings. The molecule has 0 aliphatic carbocycles. The van der Waals surface area contributed by atoms with Crippen molar-refractivity contribution in [2.75, 3.05) is 10.8 Å². The van der Waals surface area contributed by atoms with Crippen molar-refractivity contribution in [1.82, 2.24) is 10.2 Å². The lowest BCUT2D eigenvalue weighted by atomic mass is 10.1. The normalized spacial score (nSPS) is 12.8. The summed E-state index contributed by atoms with van der Waals surface area (Å²) in [6.45, 7) is 5.03. The van der Waals surface area contributed by atoms with Gasteiger partial charge in [0.25, 0.3) is 10.0 Å². The number of benzene rings is 3. The Balaban J connectivity index is 2.04. The highest BCUT2D eigenvalue weighted by Crippen LogP contribution is 2.26. The van der Waals surface area contributed by atoms with E-state index in [1.807, 2.05) is 13.8 Å². The highest BCUT2D eigenvalue weighted by atomic mass is 35.5. The minimum absolute atomic E-state index is 0.00413. The predicted molar refractivity (Wildman–Crippen MR) is 151 cm³/mol. The van der Waals surface area contributed by atoms with Crippen LogP contribution in [0.4, 0.5) is 10.1 Å². The summed E-state index contributed by atoms with van der Waals surface area (Å²) < 4.78 is 41.9. The van der Waals surface area contributed by atoms with Gasteiger partial charge >= 0.3 is 0 Å². The number of hydrogen-bond acceptors (Lipinski definition) is 4. The van der Waals surface area contributed by atoms with Gasteiger partial charge in [-0.25, -0.2) is 12.8 Å². The minimum atomic E-state index is -4.26. The molecule has 10 heteroatoms. The van der Waals surface area contributed by atoms with Crippen LogP contribution in [-0.2, 0) is 26.2 Å². The second-order valence-electron chi connectivity index (χ2n) is 9.16. The summed E-state index contributed by atoms with van der Waals surface area (Å²) in [5, 5.41) is 3.35. The average molecular weight is 574 g/mol. The molecule has 2 atom stereocenters. The zero-order valence-electron chi connectivity index (χ0n) is 22.2. The van der Waals surface area contributed by atoms with Crippen molar-refractivity contribution in [2.45, 2.75) is 57.1 Å². The Morgan fingerprint density at radius 3 is 2.13 bits per heavy atom. The van der Waals surface area contributed by atoms with Crippen LogP contribution in [0.3, 0.4) is 0 Å². The number of rotatable bonds is 12. The zero-order chi connectivity index (χ0) is 28.6. The molecule has 0 aromatic heterocycles. The first kappa shape index (κ1) is 30.1. The van der Waals surface area contributed by atoms with Crippen LogP contribution >= 0.6 is 11.6 Å². The van der Waals surface area contributed by atoms with E-state index in [-0.39, 0.29) is 29.1 Å². The van der Waals surface area contributed by atoms with Gasteiger partial charge < -0.3 is 10.2 Å². The van der Waals surface area contributed by atoms with Gasteiger partial charge in [0.1, 0.15) is 18.4 Å². The summed E-state index contributed by atoms with van der Waals surface area (Å²) >= 11 is 6.40. The summed E-state index contributed by atoms with van der Waals surface area (Å²) in [7, 11) is -4.26. The number of carbonyl (C=O) groups excluding carboxylic acids is 2. The molecule has 0 bridgehead atoms. The van der Waals surface area contributed by atoms with Gasteiger partial charge in [0.2, 0.25) is 11.8 Å². The lowest BCUT2D eigenvalue weighted by Gasteiger charge is -2.34. The van der Waals surface area contributed by atoms with Crippen molar-refractivity contribution in [1.29, 1.82) is 0 Å². The fourth-order valence-electron chi connectivity index (χ4n) is 4.03. The van der Waals surface area contributed by atoms with Crippen molar-refractivity contribution >= 4 is 39.1 Å². The van der Waals surface area contributed by atoms with Crippen LogP contribution in [0.15, 0.2) is 83.8 Å². The molecule has 0 fully saturated rings. The van der Waals surface area contributed by atoms with Gasteiger partial charge in [-0.15, -0.1) is 0 Å². The molecule has 208 valence electrons. The van der Waals surface area contributed by atoms with Gasteiger partial charge in [-0.2, -0.15) is 0 Å².